The van der Waals surface area contributed by atoms with Crippen LogP contribution in [-0.4, -0.2) is 49.0 Å². The van der Waals surface area contributed by atoms with Crippen molar-refractivity contribution in [1.29, 1.82) is 0 Å². The quantitative estimate of drug-likeness (QED) is 0.168. The van der Waals surface area contributed by atoms with Crippen molar-refractivity contribution >= 4 is 0 Å². The smallest absolute Gasteiger partial charge is 0.381 e. The molecule has 0 unspecified atom stereocenters. The maximum Gasteiger partial charge on any atom is 0.460 e. The molecule has 0 fully saturated rings. The first-order valence-corrected chi connectivity index (χ1v) is 9.34. The summed E-state index contributed by atoms with van der Waals surface area (Å²) in [5, 5.41) is 0. The summed E-state index contributed by atoms with van der Waals surface area (Å²) in [6.07, 6.45) is -5.67. The van der Waals surface area contributed by atoms with Gasteiger partial charge in [0.05, 0.1) is 0 Å². The lowest BCUT2D eigenvalue weighted by molar-refractivity contribution is -0.440. The Labute approximate surface area is 170 Å². The van der Waals surface area contributed by atoms with Gasteiger partial charge in [0.2, 0.25) is 0 Å². The van der Waals surface area contributed by atoms with E-state index >= 15 is 0 Å². The van der Waals surface area contributed by atoms with Gasteiger partial charge in [0.1, 0.15) is 0 Å². The zero-order valence-electron chi connectivity index (χ0n) is 16.4. The van der Waals surface area contributed by atoms with Gasteiger partial charge < -0.3 is 4.74 Å². The fourth-order valence-corrected chi connectivity index (χ4v) is 2.44. The highest BCUT2D eigenvalue weighted by atomic mass is 19.4. The highest BCUT2D eigenvalue weighted by Crippen LogP contribution is 2.60. The van der Waals surface area contributed by atoms with Crippen molar-refractivity contribution in [2.75, 3.05) is 13.2 Å². The monoisotopic (exact) mass is 490 g/mol. The average molecular weight is 490 g/mol. The number of ether oxygens (including phenoxy) is 1. The van der Waals surface area contributed by atoms with E-state index in [1.54, 1.807) is 0 Å². The van der Waals surface area contributed by atoms with Crippen molar-refractivity contribution in [3.8, 4) is 0 Å². The van der Waals surface area contributed by atoms with Crippen LogP contribution in [0.5, 0.6) is 0 Å². The van der Waals surface area contributed by atoms with E-state index < -0.39 is 55.2 Å². The molecule has 0 bridgehead atoms. The predicted molar refractivity (Wildman–Crippen MR) is 84.2 cm³/mol. The van der Waals surface area contributed by atoms with Crippen LogP contribution in [0.4, 0.5) is 57.1 Å². The lowest BCUT2D eigenvalue weighted by atomic mass is 9.92. The van der Waals surface area contributed by atoms with Gasteiger partial charge in [-0.3, -0.25) is 0 Å². The molecular formula is C17H23F13O. The summed E-state index contributed by atoms with van der Waals surface area (Å²) in [6.45, 7) is 1.34. The number of halogens is 13. The van der Waals surface area contributed by atoms with Crippen molar-refractivity contribution in [1.82, 2.24) is 0 Å². The summed E-state index contributed by atoms with van der Waals surface area (Å²) in [5.74, 6) is -36.5. The molecule has 31 heavy (non-hydrogen) atoms. The van der Waals surface area contributed by atoms with Gasteiger partial charge in [0.15, 0.2) is 0 Å². The zero-order valence-corrected chi connectivity index (χ0v) is 16.4. The van der Waals surface area contributed by atoms with E-state index in [0.29, 0.717) is 12.8 Å². The van der Waals surface area contributed by atoms with Crippen LogP contribution >= 0.6 is 0 Å². The van der Waals surface area contributed by atoms with Crippen LogP contribution in [0.15, 0.2) is 0 Å². The molecule has 0 N–H and O–H groups in total. The standard InChI is InChI=1S/C17H23F13O/c1-2-3-4-5-6-7-10-31-11-8-9-12(18,19)13(20,21)14(22,23)15(24,25)16(26,27)17(28,29)30/h2-11H2,1H3. The third-order valence-electron chi connectivity index (χ3n) is 4.42. The maximum atomic E-state index is 13.5. The molecule has 0 aromatic heterocycles. The number of unbranched alkanes of at least 4 members (excludes halogenated alkanes) is 5. The van der Waals surface area contributed by atoms with Crippen LogP contribution in [0, 0.1) is 0 Å². The molecule has 0 aliphatic rings. The minimum atomic E-state index is -7.85. The average Bonchev–Trinajstić information content (AvgIpc) is 2.61. The second-order valence-corrected chi connectivity index (χ2v) is 6.98. The van der Waals surface area contributed by atoms with E-state index in [0.717, 1.165) is 25.7 Å². The molecule has 0 aliphatic carbocycles. The maximum absolute atomic E-state index is 13.5. The third-order valence-corrected chi connectivity index (χ3v) is 4.42. The lowest BCUT2D eigenvalue weighted by Gasteiger charge is -2.39. The van der Waals surface area contributed by atoms with Crippen molar-refractivity contribution in [2.45, 2.75) is 94.1 Å². The van der Waals surface area contributed by atoms with Crippen LogP contribution in [0.2, 0.25) is 0 Å². The van der Waals surface area contributed by atoms with Gasteiger partial charge in [-0.1, -0.05) is 39.0 Å². The van der Waals surface area contributed by atoms with Gasteiger partial charge in [-0.25, -0.2) is 0 Å². The van der Waals surface area contributed by atoms with Crippen molar-refractivity contribution < 1.29 is 61.8 Å². The van der Waals surface area contributed by atoms with Crippen LogP contribution in [0.25, 0.3) is 0 Å². The Hall–Kier alpha value is -0.950. The van der Waals surface area contributed by atoms with E-state index in [-0.39, 0.29) is 6.61 Å². The molecule has 0 aliphatic heterocycles. The Morgan fingerprint density at radius 2 is 0.903 bits per heavy atom. The summed E-state index contributed by atoms with van der Waals surface area (Å²) >= 11 is 0. The van der Waals surface area contributed by atoms with E-state index in [1.807, 2.05) is 6.92 Å². The van der Waals surface area contributed by atoms with Crippen LogP contribution in [0.3, 0.4) is 0 Å². The third kappa shape index (κ3) is 6.53. The van der Waals surface area contributed by atoms with Gasteiger partial charge in [-0.15, -0.1) is 0 Å². The van der Waals surface area contributed by atoms with Crippen molar-refractivity contribution in [3.63, 3.8) is 0 Å². The van der Waals surface area contributed by atoms with E-state index in [2.05, 4.69) is 0 Å². The van der Waals surface area contributed by atoms with Gasteiger partial charge in [-0.05, 0) is 12.8 Å². The molecule has 0 radical (unpaired) electrons. The number of rotatable bonds is 15. The molecule has 0 atom stereocenters. The first-order valence-electron chi connectivity index (χ1n) is 9.34. The molecule has 0 spiro atoms. The van der Waals surface area contributed by atoms with Gasteiger partial charge in [0, 0.05) is 19.6 Å². The van der Waals surface area contributed by atoms with Crippen LogP contribution in [0.1, 0.15) is 58.3 Å². The molecule has 0 saturated carbocycles. The molecule has 0 aromatic rings. The molecule has 0 aromatic carbocycles. The number of alkyl halides is 13. The minimum Gasteiger partial charge on any atom is -0.381 e. The summed E-state index contributed by atoms with van der Waals surface area (Å²) in [4.78, 5) is 0. The Morgan fingerprint density at radius 3 is 1.39 bits per heavy atom. The molecule has 0 heterocycles. The summed E-state index contributed by atoms with van der Waals surface area (Å²) in [7, 11) is 0. The molecule has 14 heteroatoms. The van der Waals surface area contributed by atoms with Crippen LogP contribution < -0.4 is 0 Å². The van der Waals surface area contributed by atoms with Crippen molar-refractivity contribution in [2.24, 2.45) is 0 Å². The Kier molecular flexibility index (Phi) is 10.4. The molecule has 188 valence electrons. The van der Waals surface area contributed by atoms with Gasteiger partial charge in [-0.2, -0.15) is 57.1 Å². The Bertz CT molecular complexity index is 529. The van der Waals surface area contributed by atoms with E-state index in [1.165, 1.54) is 0 Å². The largest absolute Gasteiger partial charge is 0.460 e. The highest BCUT2D eigenvalue weighted by Gasteiger charge is 2.90. The second-order valence-electron chi connectivity index (χ2n) is 6.98. The molecule has 1 nitrogen and oxygen atoms in total. The second kappa shape index (κ2) is 10.8. The zero-order chi connectivity index (χ0) is 24.8. The summed E-state index contributed by atoms with van der Waals surface area (Å²) in [6, 6.07) is 0. The Morgan fingerprint density at radius 1 is 0.484 bits per heavy atom. The minimum absolute atomic E-state index is 0.0140. The highest BCUT2D eigenvalue weighted by molar-refractivity contribution is 5.10. The SMILES string of the molecule is CCCCCCCCOCCCC(F)(F)C(F)(F)C(F)(F)C(F)(F)C(F)(F)C(F)(F)F. The normalized spacial score (nSPS) is 14.9. The molecular weight excluding hydrogens is 467 g/mol. The number of hydrogen-bond acceptors (Lipinski definition) is 1. The van der Waals surface area contributed by atoms with E-state index in [9.17, 15) is 57.1 Å². The van der Waals surface area contributed by atoms with Gasteiger partial charge >= 0.3 is 35.8 Å². The molecule has 0 saturated heterocycles. The number of hydrogen-bond donors (Lipinski definition) is 0. The topological polar surface area (TPSA) is 9.23 Å². The molecule has 0 amide bonds. The van der Waals surface area contributed by atoms with E-state index in [4.69, 9.17) is 4.74 Å². The Balaban J connectivity index is 4.95. The first kappa shape index (κ1) is 30.0. The lowest BCUT2D eigenvalue weighted by Crippen LogP contribution is -2.70. The molecule has 0 rings (SSSR count). The van der Waals surface area contributed by atoms with Gasteiger partial charge in [0.25, 0.3) is 0 Å². The predicted octanol–water partition coefficient (Wildman–Crippen LogP) is 7.88. The fraction of sp³-hybridized carbons (Fsp3) is 1.00. The van der Waals surface area contributed by atoms with Crippen molar-refractivity contribution in [3.05, 3.63) is 0 Å². The summed E-state index contributed by atoms with van der Waals surface area (Å²) < 4.78 is 173. The van der Waals surface area contributed by atoms with Crippen LogP contribution in [-0.2, 0) is 4.74 Å². The first-order chi connectivity index (χ1) is 13.8. The summed E-state index contributed by atoms with van der Waals surface area (Å²) in [5.41, 5.74) is 0. The fourth-order valence-electron chi connectivity index (χ4n) is 2.44.